The molecule has 0 aliphatic carbocycles. The fraction of sp³-hybridized carbons (Fsp3) is 0.0500. The van der Waals surface area contributed by atoms with Crippen molar-refractivity contribution in [3.8, 4) is 11.5 Å². The number of carbonyl (C=O) groups is 1. The fourth-order valence-electron chi connectivity index (χ4n) is 2.46. The Morgan fingerprint density at radius 3 is 2.25 bits per heavy atom. The molecule has 3 aromatic rings. The highest BCUT2D eigenvalue weighted by molar-refractivity contribution is 5.96. The molecule has 0 spiro atoms. The second-order valence-corrected chi connectivity index (χ2v) is 5.63. The van der Waals surface area contributed by atoms with E-state index in [9.17, 15) is 26.7 Å². The molecular formula is C20H11F5O3. The Morgan fingerprint density at radius 1 is 0.929 bits per heavy atom. The molecule has 0 fully saturated rings. The minimum atomic E-state index is -1.65. The van der Waals surface area contributed by atoms with Crippen LogP contribution in [0.1, 0.15) is 10.4 Å². The van der Waals surface area contributed by atoms with E-state index in [1.165, 1.54) is 6.08 Å². The molecule has 3 aromatic carbocycles. The Morgan fingerprint density at radius 2 is 1.61 bits per heavy atom. The van der Waals surface area contributed by atoms with Gasteiger partial charge >= 0.3 is 5.97 Å². The highest BCUT2D eigenvalue weighted by Gasteiger charge is 2.20. The van der Waals surface area contributed by atoms with Gasteiger partial charge in [0.25, 0.3) is 0 Å². The molecule has 144 valence electrons. The monoisotopic (exact) mass is 394 g/mol. The summed E-state index contributed by atoms with van der Waals surface area (Å²) < 4.78 is 78.2. The van der Waals surface area contributed by atoms with Gasteiger partial charge in [0, 0.05) is 17.5 Å². The topological polar surface area (TPSA) is 35.5 Å². The summed E-state index contributed by atoms with van der Waals surface area (Å²) in [5, 5.41) is -0.392. The van der Waals surface area contributed by atoms with Crippen molar-refractivity contribution in [2.24, 2.45) is 0 Å². The number of fused-ring (bicyclic) bond motifs is 1. The van der Waals surface area contributed by atoms with Gasteiger partial charge < -0.3 is 9.47 Å². The minimum absolute atomic E-state index is 0.0167. The van der Waals surface area contributed by atoms with Crippen LogP contribution in [0.2, 0.25) is 0 Å². The number of esters is 1. The predicted molar refractivity (Wildman–Crippen MR) is 90.8 cm³/mol. The van der Waals surface area contributed by atoms with Crippen LogP contribution in [0.25, 0.3) is 10.8 Å². The second kappa shape index (κ2) is 7.67. The van der Waals surface area contributed by atoms with Gasteiger partial charge in [-0.3, -0.25) is 0 Å². The lowest BCUT2D eigenvalue weighted by Crippen LogP contribution is -2.11. The summed E-state index contributed by atoms with van der Waals surface area (Å²) >= 11 is 0. The van der Waals surface area contributed by atoms with Crippen LogP contribution in [0.5, 0.6) is 11.5 Å². The summed E-state index contributed by atoms with van der Waals surface area (Å²) in [5.74, 6) is -9.15. The summed E-state index contributed by atoms with van der Waals surface area (Å²) in [6, 6.07) is 5.44. The number of carbonyl (C=O) groups excluding carboxylic acids is 1. The molecule has 8 heteroatoms. The van der Waals surface area contributed by atoms with Gasteiger partial charge in [-0.25, -0.2) is 26.7 Å². The normalized spacial score (nSPS) is 10.8. The second-order valence-electron chi connectivity index (χ2n) is 5.63. The first-order valence-electron chi connectivity index (χ1n) is 7.84. The van der Waals surface area contributed by atoms with Crippen molar-refractivity contribution in [2.75, 3.05) is 6.61 Å². The van der Waals surface area contributed by atoms with Gasteiger partial charge in [-0.15, -0.1) is 0 Å². The standard InChI is InChI=1S/C20H11F5O3/c1-2-5-27-12-8-15(22)19(16(23)9-12)28-20(26)10-3-4-13-11(6-10)7-14(21)18(25)17(13)24/h2-4,6-9H,1,5H2. The third-order valence-electron chi connectivity index (χ3n) is 3.74. The van der Waals surface area contributed by atoms with E-state index in [1.807, 2.05) is 0 Å². The Labute approximate surface area is 155 Å². The van der Waals surface area contributed by atoms with E-state index in [4.69, 9.17) is 9.47 Å². The van der Waals surface area contributed by atoms with Crippen LogP contribution in [-0.4, -0.2) is 12.6 Å². The first-order chi connectivity index (χ1) is 13.3. The Hall–Kier alpha value is -3.42. The summed E-state index contributed by atoms with van der Waals surface area (Å²) in [7, 11) is 0. The van der Waals surface area contributed by atoms with Crippen LogP contribution in [0, 0.1) is 29.1 Å². The van der Waals surface area contributed by atoms with Crippen LogP contribution in [0.4, 0.5) is 22.0 Å². The molecule has 3 rings (SSSR count). The van der Waals surface area contributed by atoms with Gasteiger partial charge in [0.15, 0.2) is 29.1 Å². The van der Waals surface area contributed by atoms with Crippen LogP contribution < -0.4 is 9.47 Å². The van der Waals surface area contributed by atoms with Crippen LogP contribution in [-0.2, 0) is 0 Å². The summed E-state index contributed by atoms with van der Waals surface area (Å²) in [6.45, 7) is 3.42. The molecule has 0 N–H and O–H groups in total. The summed E-state index contributed by atoms with van der Waals surface area (Å²) in [5.41, 5.74) is -0.247. The highest BCUT2D eigenvalue weighted by Crippen LogP contribution is 2.29. The lowest BCUT2D eigenvalue weighted by molar-refractivity contribution is 0.0720. The van der Waals surface area contributed by atoms with Gasteiger partial charge in [-0.05, 0) is 23.6 Å². The smallest absolute Gasteiger partial charge is 0.343 e. The Kier molecular flexibility index (Phi) is 5.30. The summed E-state index contributed by atoms with van der Waals surface area (Å²) in [6.07, 6.45) is 1.38. The molecule has 0 aliphatic rings. The van der Waals surface area contributed by atoms with Gasteiger partial charge in [0.1, 0.15) is 12.4 Å². The fourth-order valence-corrected chi connectivity index (χ4v) is 2.46. The lowest BCUT2D eigenvalue weighted by Gasteiger charge is -2.10. The molecule has 0 aromatic heterocycles. The average molecular weight is 394 g/mol. The zero-order valence-corrected chi connectivity index (χ0v) is 14.1. The average Bonchev–Trinajstić information content (AvgIpc) is 2.66. The van der Waals surface area contributed by atoms with Gasteiger partial charge in [0.05, 0.1) is 5.56 Å². The van der Waals surface area contributed by atoms with E-state index in [-0.39, 0.29) is 28.7 Å². The number of halogens is 5. The van der Waals surface area contributed by atoms with Crippen LogP contribution >= 0.6 is 0 Å². The van der Waals surface area contributed by atoms with Crippen molar-refractivity contribution < 1.29 is 36.2 Å². The third-order valence-corrected chi connectivity index (χ3v) is 3.74. The van der Waals surface area contributed by atoms with Gasteiger partial charge in [0.2, 0.25) is 5.75 Å². The number of ether oxygens (including phenoxy) is 2. The van der Waals surface area contributed by atoms with E-state index in [0.29, 0.717) is 6.07 Å². The van der Waals surface area contributed by atoms with E-state index < -0.39 is 40.8 Å². The van der Waals surface area contributed by atoms with Crippen molar-refractivity contribution in [2.45, 2.75) is 0 Å². The summed E-state index contributed by atoms with van der Waals surface area (Å²) in [4.78, 5) is 12.2. The molecule has 0 bridgehead atoms. The number of benzene rings is 3. The maximum Gasteiger partial charge on any atom is 0.343 e. The third kappa shape index (κ3) is 3.66. The molecule has 0 saturated carbocycles. The van der Waals surface area contributed by atoms with Crippen LogP contribution in [0.15, 0.2) is 49.1 Å². The zero-order chi connectivity index (χ0) is 20.4. The van der Waals surface area contributed by atoms with Crippen LogP contribution in [0.3, 0.4) is 0 Å². The largest absolute Gasteiger partial charge is 0.489 e. The first kappa shape index (κ1) is 19.3. The quantitative estimate of drug-likeness (QED) is 0.193. The van der Waals surface area contributed by atoms with E-state index in [0.717, 1.165) is 30.3 Å². The zero-order valence-electron chi connectivity index (χ0n) is 14.1. The van der Waals surface area contributed by atoms with Crippen molar-refractivity contribution >= 4 is 16.7 Å². The number of hydrogen-bond acceptors (Lipinski definition) is 3. The molecule has 0 saturated heterocycles. The van der Waals surface area contributed by atoms with E-state index in [2.05, 4.69) is 6.58 Å². The Balaban J connectivity index is 1.91. The molecule has 0 atom stereocenters. The molecule has 0 aliphatic heterocycles. The van der Waals surface area contributed by atoms with Gasteiger partial charge in [-0.1, -0.05) is 18.7 Å². The maximum atomic E-state index is 14.1. The molecule has 0 heterocycles. The lowest BCUT2D eigenvalue weighted by atomic mass is 10.1. The van der Waals surface area contributed by atoms with Crippen molar-refractivity contribution in [3.05, 3.63) is 83.7 Å². The van der Waals surface area contributed by atoms with Gasteiger partial charge in [-0.2, -0.15) is 0 Å². The van der Waals surface area contributed by atoms with E-state index in [1.54, 1.807) is 0 Å². The number of hydrogen-bond donors (Lipinski definition) is 0. The molecular weight excluding hydrogens is 383 g/mol. The molecule has 0 radical (unpaired) electrons. The van der Waals surface area contributed by atoms with Crippen molar-refractivity contribution in [1.29, 1.82) is 0 Å². The molecule has 0 amide bonds. The molecule has 0 unspecified atom stereocenters. The predicted octanol–water partition coefficient (Wildman–Crippen LogP) is 5.32. The van der Waals surface area contributed by atoms with E-state index >= 15 is 0 Å². The molecule has 28 heavy (non-hydrogen) atoms. The van der Waals surface area contributed by atoms with Crippen molar-refractivity contribution in [3.63, 3.8) is 0 Å². The first-order valence-corrected chi connectivity index (χ1v) is 7.84. The highest BCUT2D eigenvalue weighted by atomic mass is 19.2. The SMILES string of the molecule is C=CCOc1cc(F)c(OC(=O)c2ccc3c(F)c(F)c(F)cc3c2)c(F)c1. The minimum Gasteiger partial charge on any atom is -0.489 e. The molecule has 3 nitrogen and oxygen atoms in total. The maximum absolute atomic E-state index is 14.1. The number of rotatable bonds is 5. The van der Waals surface area contributed by atoms with Crippen molar-refractivity contribution in [1.82, 2.24) is 0 Å². The Bertz CT molecular complexity index is 1070.